The minimum absolute atomic E-state index is 0.0220. The van der Waals surface area contributed by atoms with Crippen LogP contribution >= 0.6 is 11.8 Å². The predicted octanol–water partition coefficient (Wildman–Crippen LogP) is 5.52. The maximum atomic E-state index is 15.0. The molecule has 3 fully saturated rings. The first-order valence-corrected chi connectivity index (χ1v) is 12.4. The number of amidine groups is 1. The van der Waals surface area contributed by atoms with Gasteiger partial charge in [-0.05, 0) is 85.8 Å². The van der Waals surface area contributed by atoms with E-state index in [1.165, 1.54) is 11.8 Å². The predicted molar refractivity (Wildman–Crippen MR) is 132 cm³/mol. The molecule has 172 valence electrons. The molecule has 0 aromatic heterocycles. The number of hydrogen-bond donors (Lipinski definition) is 0. The van der Waals surface area contributed by atoms with Gasteiger partial charge in [0.25, 0.3) is 5.91 Å². The highest BCUT2D eigenvalue weighted by molar-refractivity contribution is 8.18. The van der Waals surface area contributed by atoms with Crippen LogP contribution < -0.4 is 4.90 Å². The van der Waals surface area contributed by atoms with Crippen molar-refractivity contribution in [1.29, 1.82) is 0 Å². The second-order valence-corrected chi connectivity index (χ2v) is 9.75. The average Bonchev–Trinajstić information content (AvgIpc) is 3.57. The van der Waals surface area contributed by atoms with E-state index >= 15 is 0 Å². The number of benzene rings is 2. The van der Waals surface area contributed by atoms with Crippen molar-refractivity contribution in [2.45, 2.75) is 38.7 Å². The van der Waals surface area contributed by atoms with Gasteiger partial charge in [-0.25, -0.2) is 9.38 Å². The summed E-state index contributed by atoms with van der Waals surface area (Å²) in [5, 5.41) is 0.639. The lowest BCUT2D eigenvalue weighted by molar-refractivity contribution is -0.123. The molecule has 5 nitrogen and oxygen atoms in total. The fraction of sp³-hybridized carbons (Fsp3) is 0.385. The molecule has 1 amide bonds. The molecule has 3 aliphatic heterocycles. The second kappa shape index (κ2) is 9.69. The van der Waals surface area contributed by atoms with Gasteiger partial charge >= 0.3 is 0 Å². The molecule has 3 aliphatic rings. The van der Waals surface area contributed by atoms with Gasteiger partial charge in [0, 0.05) is 19.7 Å². The van der Waals surface area contributed by atoms with Crippen LogP contribution in [0.4, 0.5) is 15.8 Å². The van der Waals surface area contributed by atoms with E-state index in [1.54, 1.807) is 17.0 Å². The molecule has 7 heteroatoms. The number of halogens is 1. The van der Waals surface area contributed by atoms with Crippen molar-refractivity contribution >= 4 is 40.3 Å². The Morgan fingerprint density at radius 2 is 1.97 bits per heavy atom. The third-order valence-electron chi connectivity index (χ3n) is 6.35. The van der Waals surface area contributed by atoms with Crippen LogP contribution in [0.15, 0.2) is 52.4 Å². The van der Waals surface area contributed by atoms with Gasteiger partial charge in [-0.1, -0.05) is 18.2 Å². The number of thioether (sulfide) groups is 1. The first kappa shape index (κ1) is 22.2. The Morgan fingerprint density at radius 1 is 1.18 bits per heavy atom. The zero-order chi connectivity index (χ0) is 22.8. The molecule has 0 bridgehead atoms. The summed E-state index contributed by atoms with van der Waals surface area (Å²) in [6.07, 6.45) is 5.96. The molecule has 0 saturated carbocycles. The molecule has 0 unspecified atom stereocenters. The average molecular weight is 466 g/mol. The molecule has 0 radical (unpaired) electrons. The van der Waals surface area contributed by atoms with Gasteiger partial charge < -0.3 is 9.64 Å². The monoisotopic (exact) mass is 465 g/mol. The van der Waals surface area contributed by atoms with Crippen molar-refractivity contribution in [3.05, 3.63) is 64.3 Å². The summed E-state index contributed by atoms with van der Waals surface area (Å²) in [6, 6.07) is 13.1. The standard InChI is InChI=1S/C26H28FN3O2S/c1-18-14-23(29-11-5-6-12-29)22(27)15-19(18)16-24-25(31)30(17-21-10-7-13-32-21)26(33-24)28-20-8-3-2-4-9-20/h2-4,8-9,14-16,21H,5-7,10-13,17H2,1H3/b24-16-,28-26?/t21-/m0/s1. The number of rotatable bonds is 5. The quantitative estimate of drug-likeness (QED) is 0.546. The van der Waals surface area contributed by atoms with E-state index in [2.05, 4.69) is 4.90 Å². The van der Waals surface area contributed by atoms with Crippen LogP contribution in [0.25, 0.3) is 6.08 Å². The Bertz CT molecular complexity index is 1090. The molecule has 0 N–H and O–H groups in total. The molecule has 1 atom stereocenters. The van der Waals surface area contributed by atoms with Gasteiger partial charge in [0.05, 0.1) is 28.9 Å². The van der Waals surface area contributed by atoms with E-state index < -0.39 is 0 Å². The third-order valence-corrected chi connectivity index (χ3v) is 7.35. The fourth-order valence-electron chi connectivity index (χ4n) is 4.54. The van der Waals surface area contributed by atoms with E-state index in [4.69, 9.17) is 9.73 Å². The van der Waals surface area contributed by atoms with Crippen LogP contribution in [-0.2, 0) is 9.53 Å². The first-order valence-electron chi connectivity index (χ1n) is 11.6. The highest BCUT2D eigenvalue weighted by atomic mass is 32.2. The Hall–Kier alpha value is -2.64. The summed E-state index contributed by atoms with van der Waals surface area (Å²) in [7, 11) is 0. The van der Waals surface area contributed by atoms with E-state index in [0.29, 0.717) is 22.3 Å². The molecule has 0 spiro atoms. The molecule has 5 rings (SSSR count). The zero-order valence-electron chi connectivity index (χ0n) is 18.8. The van der Waals surface area contributed by atoms with Gasteiger partial charge in [0.2, 0.25) is 0 Å². The van der Waals surface area contributed by atoms with Gasteiger partial charge in [-0.3, -0.25) is 9.69 Å². The molecule has 3 saturated heterocycles. The summed E-state index contributed by atoms with van der Waals surface area (Å²) in [6.45, 7) is 4.97. The second-order valence-electron chi connectivity index (χ2n) is 8.75. The van der Waals surface area contributed by atoms with Crippen LogP contribution in [0.3, 0.4) is 0 Å². The lowest BCUT2D eigenvalue weighted by atomic mass is 10.1. The van der Waals surface area contributed by atoms with Crippen molar-refractivity contribution in [2.24, 2.45) is 4.99 Å². The van der Waals surface area contributed by atoms with Crippen LogP contribution in [0, 0.1) is 12.7 Å². The third kappa shape index (κ3) is 4.84. The molecule has 33 heavy (non-hydrogen) atoms. The maximum Gasteiger partial charge on any atom is 0.266 e. The SMILES string of the molecule is Cc1cc(N2CCCC2)c(F)cc1/C=C1\SC(=Nc2ccccc2)N(C[C@@H]2CCCO2)C1=O. The number of ether oxygens (including phenoxy) is 1. The van der Waals surface area contributed by atoms with Crippen LogP contribution in [0.5, 0.6) is 0 Å². The number of hydrogen-bond acceptors (Lipinski definition) is 5. The minimum atomic E-state index is -0.237. The van der Waals surface area contributed by atoms with E-state index in [9.17, 15) is 9.18 Å². The van der Waals surface area contributed by atoms with Crippen molar-refractivity contribution in [3.8, 4) is 0 Å². The van der Waals surface area contributed by atoms with Crippen molar-refractivity contribution in [3.63, 3.8) is 0 Å². The largest absolute Gasteiger partial charge is 0.376 e. The van der Waals surface area contributed by atoms with Gasteiger partial charge in [0.1, 0.15) is 5.82 Å². The van der Waals surface area contributed by atoms with Crippen LogP contribution in [0.1, 0.15) is 36.8 Å². The summed E-state index contributed by atoms with van der Waals surface area (Å²) in [4.78, 5) is 22.5. The fourth-order valence-corrected chi connectivity index (χ4v) is 5.53. The minimum Gasteiger partial charge on any atom is -0.376 e. The summed E-state index contributed by atoms with van der Waals surface area (Å²) in [5.41, 5.74) is 3.13. The summed E-state index contributed by atoms with van der Waals surface area (Å²) < 4.78 is 20.7. The van der Waals surface area contributed by atoms with Gasteiger partial charge in [0.15, 0.2) is 5.17 Å². The number of carbonyl (C=O) groups is 1. The Balaban J connectivity index is 1.45. The summed E-state index contributed by atoms with van der Waals surface area (Å²) >= 11 is 1.34. The molecular weight excluding hydrogens is 437 g/mol. The first-order chi connectivity index (χ1) is 16.1. The molecule has 3 heterocycles. The number of aliphatic imine (C=N–C) groups is 1. The summed E-state index contributed by atoms with van der Waals surface area (Å²) in [5.74, 6) is -0.340. The van der Waals surface area contributed by atoms with Gasteiger partial charge in [-0.2, -0.15) is 0 Å². The number of carbonyl (C=O) groups excluding carboxylic acids is 1. The molecule has 2 aromatic rings. The van der Waals surface area contributed by atoms with Gasteiger partial charge in [-0.15, -0.1) is 0 Å². The van der Waals surface area contributed by atoms with E-state index in [0.717, 1.165) is 62.2 Å². The van der Waals surface area contributed by atoms with Crippen molar-refractivity contribution in [1.82, 2.24) is 4.90 Å². The lowest BCUT2D eigenvalue weighted by Crippen LogP contribution is -2.36. The maximum absolute atomic E-state index is 15.0. The topological polar surface area (TPSA) is 45.1 Å². The Morgan fingerprint density at radius 3 is 2.70 bits per heavy atom. The number of nitrogens with zero attached hydrogens (tertiary/aromatic N) is 3. The normalized spacial score (nSPS) is 23.5. The molecular formula is C26H28FN3O2S. The Labute approximate surface area is 198 Å². The van der Waals surface area contributed by atoms with Crippen LogP contribution in [-0.4, -0.2) is 48.3 Å². The lowest BCUT2D eigenvalue weighted by Gasteiger charge is -2.20. The zero-order valence-corrected chi connectivity index (χ0v) is 19.6. The van der Waals surface area contributed by atoms with Crippen LogP contribution in [0.2, 0.25) is 0 Å². The van der Waals surface area contributed by atoms with Crippen molar-refractivity contribution < 1.29 is 13.9 Å². The highest BCUT2D eigenvalue weighted by Gasteiger charge is 2.36. The number of anilines is 1. The number of amides is 1. The molecule has 2 aromatic carbocycles. The van der Waals surface area contributed by atoms with E-state index in [-0.39, 0.29) is 17.8 Å². The van der Waals surface area contributed by atoms with Crippen molar-refractivity contribution in [2.75, 3.05) is 31.1 Å². The highest BCUT2D eigenvalue weighted by Crippen LogP contribution is 2.36. The number of aryl methyl sites for hydroxylation is 1. The van der Waals surface area contributed by atoms with E-state index in [1.807, 2.05) is 43.3 Å². The Kier molecular flexibility index (Phi) is 6.51. The molecule has 0 aliphatic carbocycles. The number of para-hydroxylation sites is 1. The smallest absolute Gasteiger partial charge is 0.266 e.